The van der Waals surface area contributed by atoms with Gasteiger partial charge in [-0.2, -0.15) is 5.26 Å². The number of carbonyl (C=O) groups excluding carboxylic acids is 1. The fraction of sp³-hybridized carbons (Fsp3) is 0.0476. The first-order valence-electron chi connectivity index (χ1n) is 8.94. The molecule has 2 aliphatic heterocycles. The normalized spacial score (nSPS) is 19.0. The monoisotopic (exact) mass is 399 g/mol. The van der Waals surface area contributed by atoms with E-state index in [0.717, 1.165) is 4.57 Å². The van der Waals surface area contributed by atoms with Crippen molar-refractivity contribution in [2.45, 2.75) is 5.41 Å². The molecule has 1 aromatic heterocycles. The molecule has 5 rings (SSSR count). The van der Waals surface area contributed by atoms with Gasteiger partial charge in [0.1, 0.15) is 17.2 Å². The van der Waals surface area contributed by atoms with Crippen LogP contribution in [-0.2, 0) is 10.2 Å². The summed E-state index contributed by atoms with van der Waals surface area (Å²) in [4.78, 5) is 42.2. The van der Waals surface area contributed by atoms with E-state index in [-0.39, 0.29) is 22.9 Å². The van der Waals surface area contributed by atoms with Crippen molar-refractivity contribution in [3.05, 3.63) is 98.0 Å². The second kappa shape index (κ2) is 5.96. The molecule has 2 aromatic carbocycles. The number of H-pyrrole nitrogens is 1. The van der Waals surface area contributed by atoms with E-state index in [2.05, 4.69) is 10.3 Å². The number of nitrogens with zero attached hydrogens (tertiary/aromatic N) is 2. The van der Waals surface area contributed by atoms with E-state index in [1.54, 1.807) is 54.6 Å². The fourth-order valence-corrected chi connectivity index (χ4v) is 4.10. The maximum atomic E-state index is 13.6. The summed E-state index contributed by atoms with van der Waals surface area (Å²) in [6, 6.07) is 16.9. The Bertz CT molecular complexity index is 1430. The molecule has 1 amide bonds. The number of nitriles is 1. The highest BCUT2D eigenvalue weighted by Gasteiger charge is 2.58. The minimum Gasteiger partial charge on any atom is -0.423 e. The van der Waals surface area contributed by atoms with Crippen molar-refractivity contribution in [1.29, 1.82) is 5.26 Å². The number of aromatic amines is 1. The van der Waals surface area contributed by atoms with Crippen LogP contribution < -0.4 is 27.0 Å². The zero-order valence-electron chi connectivity index (χ0n) is 15.3. The van der Waals surface area contributed by atoms with Crippen LogP contribution in [0, 0.1) is 11.3 Å². The van der Waals surface area contributed by atoms with Gasteiger partial charge in [-0.05, 0) is 18.2 Å². The molecule has 3 aromatic rings. The van der Waals surface area contributed by atoms with Crippen LogP contribution in [-0.4, -0.2) is 15.5 Å². The lowest BCUT2D eigenvalue weighted by Gasteiger charge is -2.32. The molecule has 9 nitrogen and oxygen atoms in total. The topological polar surface area (TPSA) is 143 Å². The molecule has 9 heteroatoms. The number of benzene rings is 2. The van der Waals surface area contributed by atoms with Gasteiger partial charge >= 0.3 is 5.69 Å². The van der Waals surface area contributed by atoms with Crippen LogP contribution in [0.5, 0.6) is 5.88 Å². The maximum absolute atomic E-state index is 13.6. The molecule has 1 unspecified atom stereocenters. The van der Waals surface area contributed by atoms with Crippen molar-refractivity contribution in [2.75, 3.05) is 5.32 Å². The second-order valence-electron chi connectivity index (χ2n) is 6.81. The Morgan fingerprint density at radius 2 is 1.73 bits per heavy atom. The highest BCUT2D eigenvalue weighted by Crippen LogP contribution is 2.51. The van der Waals surface area contributed by atoms with E-state index < -0.39 is 22.6 Å². The van der Waals surface area contributed by atoms with Gasteiger partial charge in [0.25, 0.3) is 5.56 Å². The first-order valence-corrected chi connectivity index (χ1v) is 8.94. The minimum atomic E-state index is -1.85. The molecular weight excluding hydrogens is 386 g/mol. The van der Waals surface area contributed by atoms with Crippen LogP contribution in [0.15, 0.2) is 75.6 Å². The van der Waals surface area contributed by atoms with Gasteiger partial charge in [0.15, 0.2) is 5.41 Å². The molecule has 0 aliphatic carbocycles. The lowest BCUT2D eigenvalue weighted by Crippen LogP contribution is -2.50. The molecule has 0 saturated carbocycles. The third kappa shape index (κ3) is 2.02. The standard InChI is InChI=1S/C21H13N5O4/c22-10-13-16(23)30-17-15(21(13)12-8-4-5-9-14(12)24-19(21)28)18(27)26(20(29)25-17)11-6-2-1-3-7-11/h1-9H,23H2,(H,24,28)(H,25,29). The molecule has 3 heterocycles. The number of nitrogens with one attached hydrogen (secondary N) is 2. The SMILES string of the molecule is N#CC1=C(N)Oc2[nH]c(=O)n(-c3ccccc3)c(=O)c2C12C(=O)Nc1ccccc12. The summed E-state index contributed by atoms with van der Waals surface area (Å²) >= 11 is 0. The summed E-state index contributed by atoms with van der Waals surface area (Å²) in [5, 5.41) is 12.6. The summed E-state index contributed by atoms with van der Waals surface area (Å²) in [5.41, 5.74) is 3.27. The Balaban J connectivity index is 1.97. The molecule has 1 spiro atoms. The summed E-state index contributed by atoms with van der Waals surface area (Å²) in [5.74, 6) is -1.25. The van der Waals surface area contributed by atoms with Crippen LogP contribution in [0.2, 0.25) is 0 Å². The third-order valence-corrected chi connectivity index (χ3v) is 5.32. The van der Waals surface area contributed by atoms with Crippen molar-refractivity contribution >= 4 is 11.6 Å². The predicted molar refractivity (Wildman–Crippen MR) is 106 cm³/mol. The Morgan fingerprint density at radius 3 is 2.47 bits per heavy atom. The number of hydrogen-bond donors (Lipinski definition) is 3. The Kier molecular flexibility index (Phi) is 3.48. The van der Waals surface area contributed by atoms with Crippen LogP contribution in [0.1, 0.15) is 11.1 Å². The first-order chi connectivity index (χ1) is 14.5. The van der Waals surface area contributed by atoms with E-state index in [9.17, 15) is 19.6 Å². The average Bonchev–Trinajstić information content (AvgIpc) is 3.01. The maximum Gasteiger partial charge on any atom is 0.335 e. The molecule has 30 heavy (non-hydrogen) atoms. The highest BCUT2D eigenvalue weighted by atomic mass is 16.5. The number of ether oxygens (including phenoxy) is 1. The van der Waals surface area contributed by atoms with Crippen LogP contribution >= 0.6 is 0 Å². The number of rotatable bonds is 1. The number of nitrogens with two attached hydrogens (primary N) is 1. The molecule has 2 aliphatic rings. The summed E-state index contributed by atoms with van der Waals surface area (Å²) in [7, 11) is 0. The molecule has 4 N–H and O–H groups in total. The molecule has 1 atom stereocenters. The largest absolute Gasteiger partial charge is 0.423 e. The van der Waals surface area contributed by atoms with E-state index >= 15 is 0 Å². The summed E-state index contributed by atoms with van der Waals surface area (Å²) in [6.07, 6.45) is 0. The van der Waals surface area contributed by atoms with Gasteiger partial charge in [0.2, 0.25) is 17.7 Å². The summed E-state index contributed by atoms with van der Waals surface area (Å²) < 4.78 is 6.32. The average molecular weight is 399 g/mol. The second-order valence-corrected chi connectivity index (χ2v) is 6.81. The molecule has 146 valence electrons. The molecule has 0 saturated heterocycles. The number of anilines is 1. The van der Waals surface area contributed by atoms with E-state index in [4.69, 9.17) is 10.5 Å². The molecular formula is C21H13N5O4. The van der Waals surface area contributed by atoms with Crippen molar-refractivity contribution in [1.82, 2.24) is 9.55 Å². The van der Waals surface area contributed by atoms with Gasteiger partial charge in [-0.25, -0.2) is 9.36 Å². The van der Waals surface area contributed by atoms with Crippen molar-refractivity contribution < 1.29 is 9.53 Å². The van der Waals surface area contributed by atoms with Crippen molar-refractivity contribution in [3.63, 3.8) is 0 Å². The number of carbonyl (C=O) groups is 1. The first kappa shape index (κ1) is 17.5. The smallest absolute Gasteiger partial charge is 0.335 e. The lowest BCUT2D eigenvalue weighted by atomic mass is 9.69. The Morgan fingerprint density at radius 1 is 1.03 bits per heavy atom. The zero-order chi connectivity index (χ0) is 21.0. The van der Waals surface area contributed by atoms with Gasteiger partial charge in [0, 0.05) is 11.3 Å². The van der Waals surface area contributed by atoms with Crippen LogP contribution in [0.3, 0.4) is 0 Å². The number of amides is 1. The van der Waals surface area contributed by atoms with Crippen LogP contribution in [0.4, 0.5) is 5.69 Å². The van der Waals surface area contributed by atoms with Gasteiger partial charge in [0.05, 0.1) is 5.69 Å². The van der Waals surface area contributed by atoms with Crippen molar-refractivity contribution in [2.24, 2.45) is 5.73 Å². The predicted octanol–water partition coefficient (Wildman–Crippen LogP) is 0.850. The number of fused-ring (bicyclic) bond motifs is 4. The van der Waals surface area contributed by atoms with Crippen molar-refractivity contribution in [3.8, 4) is 17.6 Å². The molecule has 0 bridgehead atoms. The van der Waals surface area contributed by atoms with Gasteiger partial charge < -0.3 is 15.8 Å². The zero-order valence-corrected chi connectivity index (χ0v) is 15.3. The Hall–Kier alpha value is -4.58. The van der Waals surface area contributed by atoms with Gasteiger partial charge in [-0.1, -0.05) is 36.4 Å². The van der Waals surface area contributed by atoms with E-state index in [0.29, 0.717) is 16.9 Å². The molecule has 0 radical (unpaired) electrons. The van der Waals surface area contributed by atoms with Gasteiger partial charge in [-0.3, -0.25) is 14.6 Å². The molecule has 0 fully saturated rings. The van der Waals surface area contributed by atoms with E-state index in [1.807, 2.05) is 6.07 Å². The van der Waals surface area contributed by atoms with Gasteiger partial charge in [-0.15, -0.1) is 0 Å². The van der Waals surface area contributed by atoms with Crippen LogP contribution in [0.25, 0.3) is 5.69 Å². The Labute approximate surface area is 168 Å². The number of para-hydroxylation sites is 2. The van der Waals surface area contributed by atoms with E-state index in [1.165, 1.54) is 0 Å². The quantitative estimate of drug-likeness (QED) is 0.554. The third-order valence-electron chi connectivity index (χ3n) is 5.32. The lowest BCUT2D eigenvalue weighted by molar-refractivity contribution is -0.118. The number of aromatic nitrogens is 2. The highest BCUT2D eigenvalue weighted by molar-refractivity contribution is 6.12. The minimum absolute atomic E-state index is 0.181. The summed E-state index contributed by atoms with van der Waals surface area (Å²) in [6.45, 7) is 0. The number of hydrogen-bond acceptors (Lipinski definition) is 6. The fourth-order valence-electron chi connectivity index (χ4n) is 4.10.